The molecule has 0 unspecified atom stereocenters. The van der Waals surface area contributed by atoms with Gasteiger partial charge in [0.15, 0.2) is 0 Å². The van der Waals surface area contributed by atoms with Gasteiger partial charge >= 0.3 is 25.0 Å². The number of carboxylic acid groups (broad SMARTS) is 1. The molecule has 0 spiro atoms. The quantitative estimate of drug-likeness (QED) is 0.0583. The molecule has 1 aliphatic heterocycles. The maximum atomic E-state index is 14.7. The monoisotopic (exact) mass is 1280 g/mol. The maximum Gasteiger partial charge on any atom is 0.495 e. The highest BCUT2D eigenvalue weighted by molar-refractivity contribution is 6.62. The van der Waals surface area contributed by atoms with Crippen molar-refractivity contribution in [1.82, 2.24) is 53.8 Å². The van der Waals surface area contributed by atoms with Gasteiger partial charge in [-0.3, -0.25) is 4.79 Å². The number of carboxylic acids is 1. The number of carbonyl (C=O) groups is 4. The molecule has 6 heterocycles. The Hall–Kier alpha value is -9.69. The number of rotatable bonds is 14. The molecule has 1 saturated heterocycles. The minimum absolute atomic E-state index is 0.0364. The number of carbonyl (C=O) groups excluding carboxylic acids is 3. The first-order valence-electron chi connectivity index (χ1n) is 29.8. The zero-order chi connectivity index (χ0) is 68.7. The van der Waals surface area contributed by atoms with Crippen LogP contribution < -0.4 is 10.8 Å². The molecule has 0 radical (unpaired) electrons. The molecule has 5 aromatic heterocycles. The molecule has 93 heavy (non-hydrogen) atoms. The smallest absolute Gasteiger partial charge is 0.478 e. The van der Waals surface area contributed by atoms with Crippen molar-refractivity contribution in [3.63, 3.8) is 0 Å². The Balaban J connectivity index is 0.000000181. The van der Waals surface area contributed by atoms with Crippen molar-refractivity contribution in [2.24, 2.45) is 0 Å². The average molecular weight is 1280 g/mol. The van der Waals surface area contributed by atoms with Crippen molar-refractivity contribution in [2.75, 3.05) is 19.5 Å². The van der Waals surface area contributed by atoms with Gasteiger partial charge in [0, 0.05) is 53.4 Å². The lowest BCUT2D eigenvalue weighted by atomic mass is 9.75. The lowest BCUT2D eigenvalue weighted by molar-refractivity contribution is 0.00578. The molecule has 490 valence electrons. The molecule has 0 bridgehead atoms. The molecular formula is C67H77BF4N12O9. The molecule has 1 amide bonds. The Morgan fingerprint density at radius 2 is 0.946 bits per heavy atom. The highest BCUT2D eigenvalue weighted by Gasteiger charge is 2.52. The molecule has 9 aromatic rings. The summed E-state index contributed by atoms with van der Waals surface area (Å²) in [5.41, 5.74) is 6.36. The van der Waals surface area contributed by atoms with Crippen LogP contribution in [0.5, 0.6) is 0 Å². The summed E-state index contributed by atoms with van der Waals surface area (Å²) < 4.78 is 84.5. The van der Waals surface area contributed by atoms with Gasteiger partial charge in [0.1, 0.15) is 34.8 Å². The van der Waals surface area contributed by atoms with Crippen LogP contribution in [0.15, 0.2) is 104 Å². The van der Waals surface area contributed by atoms with E-state index in [0.29, 0.717) is 61.9 Å². The first-order valence-corrected chi connectivity index (χ1v) is 29.8. The van der Waals surface area contributed by atoms with Crippen LogP contribution in [0.25, 0.3) is 45.3 Å². The van der Waals surface area contributed by atoms with E-state index in [1.54, 1.807) is 69.6 Å². The number of hydrogen-bond donors (Lipinski definition) is 2. The number of hydrogen-bond acceptors (Lipinski definition) is 15. The maximum absolute atomic E-state index is 14.7. The molecule has 21 nitrogen and oxygen atoms in total. The van der Waals surface area contributed by atoms with E-state index in [9.17, 15) is 36.7 Å². The van der Waals surface area contributed by atoms with Crippen LogP contribution in [-0.4, -0.2) is 115 Å². The highest BCUT2D eigenvalue weighted by Crippen LogP contribution is 2.37. The number of aromatic nitrogens is 11. The Morgan fingerprint density at radius 1 is 0.548 bits per heavy atom. The third kappa shape index (κ3) is 16.3. The van der Waals surface area contributed by atoms with Crippen LogP contribution in [0.4, 0.5) is 23.4 Å². The first kappa shape index (κ1) is 70.8. The Labute approximate surface area is 537 Å². The number of tetrazole rings is 1. The lowest BCUT2D eigenvalue weighted by Gasteiger charge is -2.32. The lowest BCUT2D eigenvalue weighted by Crippen LogP contribution is -2.41. The first-order chi connectivity index (χ1) is 43.7. The molecular weight excluding hydrogens is 1200 g/mol. The summed E-state index contributed by atoms with van der Waals surface area (Å²) in [7, 11) is 1.81. The molecule has 0 atom stereocenters. The van der Waals surface area contributed by atoms with Gasteiger partial charge in [0.2, 0.25) is 5.82 Å². The fraction of sp³-hybridized carbons (Fsp3) is 0.358. The second-order valence-electron chi connectivity index (χ2n) is 24.3. The van der Waals surface area contributed by atoms with Crippen LogP contribution in [0.1, 0.15) is 171 Å². The number of aryl methyl sites for hydroxylation is 4. The van der Waals surface area contributed by atoms with E-state index in [1.807, 2.05) is 115 Å². The van der Waals surface area contributed by atoms with E-state index in [2.05, 4.69) is 50.3 Å². The molecule has 1 aliphatic rings. The number of esters is 2. The van der Waals surface area contributed by atoms with Crippen LogP contribution >= 0.6 is 0 Å². The van der Waals surface area contributed by atoms with Crippen molar-refractivity contribution in [3.05, 3.63) is 172 Å². The Bertz CT molecular complexity index is 4190. The number of pyridine rings is 1. The summed E-state index contributed by atoms with van der Waals surface area (Å²) in [6, 6.07) is 16.9. The number of amides is 1. The van der Waals surface area contributed by atoms with Crippen molar-refractivity contribution in [2.45, 2.75) is 146 Å². The molecule has 0 aliphatic carbocycles. The van der Waals surface area contributed by atoms with E-state index in [0.717, 1.165) is 11.1 Å². The number of halogens is 4. The number of methoxy groups -OCH3 is 2. The Morgan fingerprint density at radius 3 is 1.35 bits per heavy atom. The summed E-state index contributed by atoms with van der Waals surface area (Å²) >= 11 is 0. The van der Waals surface area contributed by atoms with Gasteiger partial charge in [-0.2, -0.15) is 0 Å². The van der Waals surface area contributed by atoms with Gasteiger partial charge in [0.25, 0.3) is 5.91 Å². The van der Waals surface area contributed by atoms with Crippen molar-refractivity contribution in [1.29, 1.82) is 0 Å². The van der Waals surface area contributed by atoms with Crippen molar-refractivity contribution >= 4 is 42.2 Å². The van der Waals surface area contributed by atoms with Gasteiger partial charge in [0.05, 0.1) is 89.8 Å². The minimum atomic E-state index is -1.28. The molecule has 0 saturated carbocycles. The fourth-order valence-corrected chi connectivity index (χ4v) is 9.43. The number of imidazole rings is 3. The summed E-state index contributed by atoms with van der Waals surface area (Å²) in [5.74, 6) is -5.08. The van der Waals surface area contributed by atoms with E-state index in [-0.39, 0.29) is 52.2 Å². The Kier molecular flexibility index (Phi) is 22.3. The number of nitrogens with one attached hydrogen (secondary N) is 1. The van der Waals surface area contributed by atoms with Crippen LogP contribution in [0.3, 0.4) is 0 Å². The van der Waals surface area contributed by atoms with Crippen LogP contribution in [0, 0.1) is 51.0 Å². The molecule has 2 N–H and O–H groups in total. The average Bonchev–Trinajstić information content (AvgIpc) is 1.61. The van der Waals surface area contributed by atoms with Crippen LogP contribution in [0.2, 0.25) is 0 Å². The number of benzene rings is 4. The van der Waals surface area contributed by atoms with Crippen molar-refractivity contribution < 1.29 is 60.6 Å². The normalized spacial score (nSPS) is 13.1. The van der Waals surface area contributed by atoms with Gasteiger partial charge < -0.3 is 42.9 Å². The van der Waals surface area contributed by atoms with E-state index < -0.39 is 65.4 Å². The summed E-state index contributed by atoms with van der Waals surface area (Å²) in [4.78, 5) is 64.5. The van der Waals surface area contributed by atoms with E-state index >= 15 is 0 Å². The third-order valence-electron chi connectivity index (χ3n) is 15.7. The number of ether oxygens (including phenoxy) is 2. The third-order valence-corrected chi connectivity index (χ3v) is 15.7. The summed E-state index contributed by atoms with van der Waals surface area (Å²) in [6.45, 7) is 30.9. The SMILES string of the molecule is COC(=O)c1cc(-c2cn(C(C)C)cn2)c(C)cc1F.COC(=O)c1cc(B2OC(C)(C)C(C)(C)O2)c(C)cc1F.Cc1cc(F)c(C(=O)Nc2cccc(-c3nnnn3C(C)C)n2)cc1-c1cn(C(C)C)cn1.Cc1cc(F)c(C(=O)O)cc1-c1cn(C(C)C)cn1. The van der Waals surface area contributed by atoms with E-state index in [4.69, 9.17) is 14.4 Å². The molecule has 4 aromatic carbocycles. The zero-order valence-electron chi connectivity index (χ0n) is 55.3. The number of nitrogens with zero attached hydrogens (tertiary/aromatic N) is 11. The fourth-order valence-electron chi connectivity index (χ4n) is 9.43. The predicted octanol–water partition coefficient (Wildman–Crippen LogP) is 13.3. The number of anilines is 1. The summed E-state index contributed by atoms with van der Waals surface area (Å²) in [6.07, 6.45) is 10.7. The predicted molar refractivity (Wildman–Crippen MR) is 344 cm³/mol. The second-order valence-corrected chi connectivity index (χ2v) is 24.3. The highest BCUT2D eigenvalue weighted by atomic mass is 19.1. The second kappa shape index (κ2) is 29.3. The van der Waals surface area contributed by atoms with Crippen LogP contribution in [-0.2, 0) is 18.8 Å². The minimum Gasteiger partial charge on any atom is -0.478 e. The summed E-state index contributed by atoms with van der Waals surface area (Å²) in [5, 5.41) is 23.3. The van der Waals surface area contributed by atoms with Gasteiger partial charge in [-0.15, -0.1) is 5.10 Å². The topological polar surface area (TPSA) is 247 Å². The number of aromatic carboxylic acids is 1. The van der Waals surface area contributed by atoms with Gasteiger partial charge in [-0.25, -0.2) is 56.6 Å². The molecule has 10 rings (SSSR count). The molecule has 26 heteroatoms. The largest absolute Gasteiger partial charge is 0.495 e. The zero-order valence-corrected chi connectivity index (χ0v) is 55.3. The van der Waals surface area contributed by atoms with E-state index in [1.165, 1.54) is 62.8 Å². The standard InChI is InChI=1S/C23H25FN8O.C15H20BFO4.C15H17FN2O2.C14H15FN2O2/c1-13(2)31-11-20(25-12-31)16-10-17(18(24)9-15(16)5)23(33)27-21-8-6-7-19(26-21)22-28-29-30-32(22)14(3)4;1-9-7-12(17)10(13(18)19-6)8-11(9)16-20-14(2,3)15(4,5)21-16;1-9(2)18-7-14(17-8-18)11-6-12(15(19)20-4)13(16)5-10(11)3;1-8(2)17-6-13(16-7-17)10-5-11(14(18)19)12(15)4-9(10)3/h6-14H,1-5H3,(H,26,27,33);7-8H,1-6H3;5-9H,1-4H3;4-8H,1-3H3,(H,18,19). The van der Waals surface area contributed by atoms with Crippen molar-refractivity contribution in [3.8, 4) is 45.3 Å². The van der Waals surface area contributed by atoms with Gasteiger partial charge in [-0.1, -0.05) is 6.07 Å². The molecule has 1 fully saturated rings. The van der Waals surface area contributed by atoms with Gasteiger partial charge in [-0.05, 0) is 210 Å².